The standard InChI is InChI=1S/C25H34O4/c1-3-4-5-6-7-8-9-10-11-12-13-14-15-16-17-18-22(26)25-23(27)19-21(29-2)20-24(25)28/h4-5,7-8,10-11,13-14,19-20,27-28H,3,6,9,12,15-18H2,1-2H3. The van der Waals surface area contributed by atoms with Crippen LogP contribution in [0.1, 0.15) is 68.6 Å². The van der Waals surface area contributed by atoms with Gasteiger partial charge in [-0.2, -0.15) is 0 Å². The van der Waals surface area contributed by atoms with E-state index in [1.165, 1.54) is 19.2 Å². The maximum absolute atomic E-state index is 12.2. The molecule has 0 aliphatic rings. The highest BCUT2D eigenvalue weighted by Crippen LogP contribution is 2.33. The minimum Gasteiger partial charge on any atom is -0.507 e. The van der Waals surface area contributed by atoms with Gasteiger partial charge in [0.05, 0.1) is 7.11 Å². The molecule has 0 saturated carbocycles. The second kappa shape index (κ2) is 15.2. The average Bonchev–Trinajstić information content (AvgIpc) is 2.70. The summed E-state index contributed by atoms with van der Waals surface area (Å²) in [7, 11) is 1.43. The van der Waals surface area contributed by atoms with Crippen LogP contribution in [-0.2, 0) is 0 Å². The molecular weight excluding hydrogens is 364 g/mol. The minimum atomic E-state index is -0.257. The van der Waals surface area contributed by atoms with Gasteiger partial charge >= 0.3 is 0 Å². The number of ether oxygens (including phenoxy) is 1. The maximum Gasteiger partial charge on any atom is 0.170 e. The molecule has 4 heteroatoms. The Bertz CT molecular complexity index is 703. The Balaban J connectivity index is 2.18. The van der Waals surface area contributed by atoms with E-state index in [4.69, 9.17) is 4.74 Å². The van der Waals surface area contributed by atoms with Gasteiger partial charge in [0.25, 0.3) is 0 Å². The average molecular weight is 399 g/mol. The summed E-state index contributed by atoms with van der Waals surface area (Å²) in [5, 5.41) is 19.8. The molecule has 0 unspecified atom stereocenters. The molecule has 0 bridgehead atoms. The van der Waals surface area contributed by atoms with Crippen molar-refractivity contribution < 1.29 is 19.7 Å². The molecule has 29 heavy (non-hydrogen) atoms. The molecule has 0 heterocycles. The van der Waals surface area contributed by atoms with Gasteiger partial charge in [-0.25, -0.2) is 0 Å². The molecule has 0 aliphatic heterocycles. The van der Waals surface area contributed by atoms with Crippen LogP contribution in [0.25, 0.3) is 0 Å². The smallest absolute Gasteiger partial charge is 0.170 e. The first-order valence-corrected chi connectivity index (χ1v) is 10.3. The van der Waals surface area contributed by atoms with Crippen LogP contribution < -0.4 is 4.74 Å². The maximum atomic E-state index is 12.2. The predicted molar refractivity (Wildman–Crippen MR) is 120 cm³/mol. The molecule has 1 aromatic rings. The Morgan fingerprint density at radius 2 is 1.38 bits per heavy atom. The van der Waals surface area contributed by atoms with Crippen LogP contribution in [0, 0.1) is 0 Å². The second-order valence-electron chi connectivity index (χ2n) is 6.71. The lowest BCUT2D eigenvalue weighted by molar-refractivity contribution is 0.0974. The third-order valence-corrected chi connectivity index (χ3v) is 4.33. The van der Waals surface area contributed by atoms with Crippen LogP contribution >= 0.6 is 0 Å². The Morgan fingerprint density at radius 1 is 0.862 bits per heavy atom. The highest BCUT2D eigenvalue weighted by Gasteiger charge is 2.17. The number of carbonyl (C=O) groups is 1. The molecule has 1 aromatic carbocycles. The Morgan fingerprint density at radius 3 is 1.90 bits per heavy atom. The molecule has 0 amide bonds. The summed E-state index contributed by atoms with van der Waals surface area (Å²) in [6.07, 6.45) is 24.0. The number of phenols is 2. The van der Waals surface area contributed by atoms with Crippen LogP contribution in [0.3, 0.4) is 0 Å². The van der Waals surface area contributed by atoms with Crippen molar-refractivity contribution in [3.63, 3.8) is 0 Å². The van der Waals surface area contributed by atoms with E-state index < -0.39 is 0 Å². The molecule has 0 saturated heterocycles. The summed E-state index contributed by atoms with van der Waals surface area (Å²) in [5.74, 6) is -0.430. The molecule has 0 aliphatic carbocycles. The number of phenolic OH excluding ortho intramolecular Hbond substituents is 2. The molecule has 1 rings (SSSR count). The number of ketones is 1. The molecule has 4 nitrogen and oxygen atoms in total. The molecule has 2 N–H and O–H groups in total. The number of Topliss-reactive ketones (excluding diaryl/α,β-unsaturated/α-hetero) is 1. The van der Waals surface area contributed by atoms with Gasteiger partial charge in [-0.1, -0.05) is 55.5 Å². The van der Waals surface area contributed by atoms with Crippen LogP contribution in [-0.4, -0.2) is 23.1 Å². The van der Waals surface area contributed by atoms with Crippen molar-refractivity contribution in [2.24, 2.45) is 0 Å². The van der Waals surface area contributed by atoms with E-state index in [2.05, 4.69) is 55.5 Å². The summed E-state index contributed by atoms with van der Waals surface area (Å²) >= 11 is 0. The van der Waals surface area contributed by atoms with Gasteiger partial charge in [0, 0.05) is 18.6 Å². The van der Waals surface area contributed by atoms with Gasteiger partial charge in [0.2, 0.25) is 0 Å². The largest absolute Gasteiger partial charge is 0.507 e. The summed E-state index contributed by atoms with van der Waals surface area (Å²) in [4.78, 5) is 12.2. The Hall–Kier alpha value is -2.75. The topological polar surface area (TPSA) is 66.8 Å². The van der Waals surface area contributed by atoms with Crippen molar-refractivity contribution >= 4 is 5.78 Å². The number of carbonyl (C=O) groups excluding carboxylic acids is 1. The monoisotopic (exact) mass is 398 g/mol. The van der Waals surface area contributed by atoms with E-state index in [-0.39, 0.29) is 22.8 Å². The first kappa shape index (κ1) is 24.3. The molecule has 0 aromatic heterocycles. The van der Waals surface area contributed by atoms with Crippen LogP contribution in [0.15, 0.2) is 60.7 Å². The normalized spacial score (nSPS) is 12.1. The third-order valence-electron chi connectivity index (χ3n) is 4.33. The van der Waals surface area contributed by atoms with E-state index >= 15 is 0 Å². The van der Waals surface area contributed by atoms with Crippen LogP contribution in [0.4, 0.5) is 0 Å². The van der Waals surface area contributed by atoms with E-state index in [1.807, 2.05) is 0 Å². The molecule has 0 radical (unpaired) electrons. The molecule has 158 valence electrons. The number of hydrogen-bond acceptors (Lipinski definition) is 4. The SMILES string of the molecule is CCC=CCC=CCC=CCC=CCCCCC(=O)c1c(O)cc(OC)cc1O. The number of aromatic hydroxyl groups is 2. The molecule has 0 spiro atoms. The third kappa shape index (κ3) is 10.4. The zero-order chi connectivity index (χ0) is 21.3. The van der Waals surface area contributed by atoms with Gasteiger partial charge in [-0.15, -0.1) is 0 Å². The van der Waals surface area contributed by atoms with E-state index in [0.29, 0.717) is 18.6 Å². The summed E-state index contributed by atoms with van der Waals surface area (Å²) < 4.78 is 4.95. The number of methoxy groups -OCH3 is 1. The van der Waals surface area contributed by atoms with Crippen molar-refractivity contribution in [2.75, 3.05) is 7.11 Å². The van der Waals surface area contributed by atoms with E-state index in [0.717, 1.165) is 38.5 Å². The number of benzene rings is 1. The zero-order valence-corrected chi connectivity index (χ0v) is 17.6. The summed E-state index contributed by atoms with van der Waals surface area (Å²) in [6.45, 7) is 2.13. The zero-order valence-electron chi connectivity index (χ0n) is 17.6. The van der Waals surface area contributed by atoms with Gasteiger partial charge < -0.3 is 14.9 Å². The number of unbranched alkanes of at least 4 members (excludes halogenated alkanes) is 2. The van der Waals surface area contributed by atoms with Crippen molar-refractivity contribution in [2.45, 2.75) is 58.3 Å². The van der Waals surface area contributed by atoms with Crippen molar-refractivity contribution in [3.8, 4) is 17.2 Å². The lowest BCUT2D eigenvalue weighted by Crippen LogP contribution is -2.00. The van der Waals surface area contributed by atoms with Crippen molar-refractivity contribution in [3.05, 3.63) is 66.3 Å². The highest BCUT2D eigenvalue weighted by atomic mass is 16.5. The van der Waals surface area contributed by atoms with Crippen LogP contribution in [0.5, 0.6) is 17.2 Å². The van der Waals surface area contributed by atoms with Gasteiger partial charge in [0.1, 0.15) is 22.8 Å². The minimum absolute atomic E-state index is 0.0260. The second-order valence-corrected chi connectivity index (χ2v) is 6.71. The Labute approximate surface area is 174 Å². The summed E-state index contributed by atoms with van der Waals surface area (Å²) in [5.41, 5.74) is -0.0260. The molecule has 0 fully saturated rings. The van der Waals surface area contributed by atoms with Crippen LogP contribution in [0.2, 0.25) is 0 Å². The van der Waals surface area contributed by atoms with Gasteiger partial charge in [0.15, 0.2) is 5.78 Å². The highest BCUT2D eigenvalue weighted by molar-refractivity contribution is 6.01. The van der Waals surface area contributed by atoms with Gasteiger partial charge in [-0.3, -0.25) is 4.79 Å². The summed E-state index contributed by atoms with van der Waals surface area (Å²) in [6, 6.07) is 2.67. The number of hydrogen-bond donors (Lipinski definition) is 2. The fourth-order valence-electron chi connectivity index (χ4n) is 2.76. The fraction of sp³-hybridized carbons (Fsp3) is 0.400. The number of rotatable bonds is 14. The molecule has 0 atom stereocenters. The van der Waals surface area contributed by atoms with E-state index in [9.17, 15) is 15.0 Å². The quantitative estimate of drug-likeness (QED) is 0.209. The molecular formula is C25H34O4. The lowest BCUT2D eigenvalue weighted by atomic mass is 10.0. The first-order valence-electron chi connectivity index (χ1n) is 10.3. The van der Waals surface area contributed by atoms with Crippen molar-refractivity contribution in [1.82, 2.24) is 0 Å². The van der Waals surface area contributed by atoms with Crippen molar-refractivity contribution in [1.29, 1.82) is 0 Å². The Kier molecular flexibility index (Phi) is 12.7. The van der Waals surface area contributed by atoms with E-state index in [1.54, 1.807) is 0 Å². The number of allylic oxidation sites excluding steroid dienone is 8. The first-order chi connectivity index (χ1) is 14.1. The predicted octanol–water partition coefficient (Wildman–Crippen LogP) is 6.65. The lowest BCUT2D eigenvalue weighted by Gasteiger charge is -2.08. The fourth-order valence-corrected chi connectivity index (χ4v) is 2.76. The van der Waals surface area contributed by atoms with Gasteiger partial charge in [-0.05, 0) is 44.9 Å².